The van der Waals surface area contributed by atoms with Crippen molar-refractivity contribution >= 4 is 46.0 Å². The number of carbonyl (C=O) groups excluding carboxylic acids is 1. The lowest BCUT2D eigenvalue weighted by molar-refractivity contribution is -0.120. The number of halogens is 2. The van der Waals surface area contributed by atoms with E-state index in [0.717, 1.165) is 29.6 Å². The predicted molar refractivity (Wildman–Crippen MR) is 88.3 cm³/mol. The van der Waals surface area contributed by atoms with E-state index in [1.165, 1.54) is 4.90 Å². The molecule has 1 rings (SSSR count). The number of rotatable bonds is 8. The first-order chi connectivity index (χ1) is 8.74. The van der Waals surface area contributed by atoms with Gasteiger partial charge in [0.05, 0.1) is 6.54 Å². The van der Waals surface area contributed by atoms with E-state index in [0.29, 0.717) is 6.54 Å². The quantitative estimate of drug-likeness (QED) is 0.548. The van der Waals surface area contributed by atoms with E-state index in [1.807, 2.05) is 23.9 Å². The summed E-state index contributed by atoms with van der Waals surface area (Å²) in [5.74, 6) is 1.14. The summed E-state index contributed by atoms with van der Waals surface area (Å²) in [6, 6.07) is 8.24. The molecule has 2 N–H and O–H groups in total. The summed E-state index contributed by atoms with van der Waals surface area (Å²) >= 11 is 5.37. The maximum atomic E-state index is 11.2. The molecule has 0 saturated carbocycles. The van der Waals surface area contributed by atoms with Gasteiger partial charge in [-0.25, -0.2) is 0 Å². The van der Waals surface area contributed by atoms with Gasteiger partial charge in [0, 0.05) is 15.9 Å². The van der Waals surface area contributed by atoms with Crippen molar-refractivity contribution in [3.63, 3.8) is 0 Å². The molecule has 1 amide bonds. The minimum atomic E-state index is 0. The molecule has 0 atom stereocenters. The van der Waals surface area contributed by atoms with Gasteiger partial charge in [0.15, 0.2) is 0 Å². The number of hydrogen-bond acceptors (Lipinski definition) is 3. The third kappa shape index (κ3) is 8.52. The highest BCUT2D eigenvalue weighted by Gasteiger charge is 2.00. The number of amides is 1. The second kappa shape index (κ2) is 11.6. The number of likely N-dealkylation sites (N-methyl/N-ethyl adjacent to an activating group) is 1. The average Bonchev–Trinajstić information content (AvgIpc) is 2.36. The van der Waals surface area contributed by atoms with Crippen molar-refractivity contribution in [2.24, 2.45) is 0 Å². The lowest BCUT2D eigenvalue weighted by Crippen LogP contribution is -2.32. The first kappa shape index (κ1) is 18.8. The van der Waals surface area contributed by atoms with Gasteiger partial charge in [0.1, 0.15) is 0 Å². The molecular weight excluding hydrogens is 348 g/mol. The molecule has 0 heterocycles. The van der Waals surface area contributed by atoms with Crippen molar-refractivity contribution in [3.05, 3.63) is 28.7 Å². The van der Waals surface area contributed by atoms with Gasteiger partial charge < -0.3 is 10.6 Å². The summed E-state index contributed by atoms with van der Waals surface area (Å²) < 4.78 is 1.15. The Kier molecular flexibility index (Phi) is 11.4. The number of hydrogen-bond donors (Lipinski definition) is 2. The summed E-state index contributed by atoms with van der Waals surface area (Å²) in [6.07, 6.45) is 2.12. The van der Waals surface area contributed by atoms with Gasteiger partial charge in [-0.3, -0.25) is 4.79 Å². The smallest absolute Gasteiger partial charge is 0.233 e. The number of carbonyl (C=O) groups is 1. The fourth-order valence-corrected chi connectivity index (χ4v) is 3.00. The molecular formula is C13H20BrClN2OS. The monoisotopic (exact) mass is 366 g/mol. The number of nitrogens with one attached hydrogen (secondary N) is 2. The maximum Gasteiger partial charge on any atom is 0.233 e. The molecule has 19 heavy (non-hydrogen) atoms. The summed E-state index contributed by atoms with van der Waals surface area (Å²) in [6.45, 7) is 1.16. The van der Waals surface area contributed by atoms with Crippen LogP contribution in [0.25, 0.3) is 0 Å². The van der Waals surface area contributed by atoms with Crippen molar-refractivity contribution in [2.45, 2.75) is 17.7 Å². The van der Waals surface area contributed by atoms with E-state index >= 15 is 0 Å². The van der Waals surface area contributed by atoms with Crippen LogP contribution in [0.5, 0.6) is 0 Å². The van der Waals surface area contributed by atoms with Gasteiger partial charge in [-0.2, -0.15) is 0 Å². The SMILES string of the molecule is CNCC(=O)NCCCCSc1ccccc1Br.Cl. The highest BCUT2D eigenvalue weighted by Crippen LogP contribution is 2.27. The molecule has 1 aromatic rings. The molecule has 0 aliphatic carbocycles. The molecule has 0 fully saturated rings. The van der Waals surface area contributed by atoms with Gasteiger partial charge in [0.2, 0.25) is 5.91 Å². The van der Waals surface area contributed by atoms with E-state index in [1.54, 1.807) is 7.05 Å². The summed E-state index contributed by atoms with van der Waals surface area (Å²) in [5.41, 5.74) is 0. The van der Waals surface area contributed by atoms with Crippen LogP contribution < -0.4 is 10.6 Å². The molecule has 0 aromatic heterocycles. The highest BCUT2D eigenvalue weighted by atomic mass is 79.9. The van der Waals surface area contributed by atoms with Crippen LogP contribution >= 0.6 is 40.1 Å². The van der Waals surface area contributed by atoms with Gasteiger partial charge in [-0.1, -0.05) is 12.1 Å². The Balaban J connectivity index is 0.00000324. The van der Waals surface area contributed by atoms with Crippen molar-refractivity contribution in [3.8, 4) is 0 Å². The maximum absolute atomic E-state index is 11.2. The third-order valence-electron chi connectivity index (χ3n) is 2.32. The predicted octanol–water partition coefficient (Wildman–Crippen LogP) is 3.08. The van der Waals surface area contributed by atoms with Crippen molar-refractivity contribution in [2.75, 3.05) is 25.9 Å². The van der Waals surface area contributed by atoms with Crippen LogP contribution in [0, 0.1) is 0 Å². The lowest BCUT2D eigenvalue weighted by atomic mass is 10.3. The summed E-state index contributed by atoms with van der Waals surface area (Å²) in [5, 5.41) is 5.70. The Hall–Kier alpha value is -0.230. The van der Waals surface area contributed by atoms with Crippen molar-refractivity contribution in [1.29, 1.82) is 0 Å². The van der Waals surface area contributed by atoms with Crippen LogP contribution in [-0.2, 0) is 4.79 Å². The van der Waals surface area contributed by atoms with E-state index in [4.69, 9.17) is 0 Å². The molecule has 0 saturated heterocycles. The Morgan fingerprint density at radius 1 is 1.32 bits per heavy atom. The van der Waals surface area contributed by atoms with Crippen LogP contribution in [0.15, 0.2) is 33.6 Å². The Bertz CT molecular complexity index is 379. The van der Waals surface area contributed by atoms with E-state index in [-0.39, 0.29) is 18.3 Å². The Morgan fingerprint density at radius 2 is 2.05 bits per heavy atom. The molecule has 0 aliphatic rings. The topological polar surface area (TPSA) is 41.1 Å². The normalized spacial score (nSPS) is 9.79. The molecule has 0 unspecified atom stereocenters. The van der Waals surface area contributed by atoms with Gasteiger partial charge in [-0.05, 0) is 53.7 Å². The summed E-state index contributed by atoms with van der Waals surface area (Å²) in [7, 11) is 1.77. The zero-order valence-corrected chi connectivity index (χ0v) is 14.2. The molecule has 108 valence electrons. The van der Waals surface area contributed by atoms with Crippen LogP contribution in [0.2, 0.25) is 0 Å². The summed E-state index contributed by atoms with van der Waals surface area (Å²) in [4.78, 5) is 12.4. The molecule has 1 aromatic carbocycles. The zero-order chi connectivity index (χ0) is 13.2. The van der Waals surface area contributed by atoms with E-state index in [2.05, 4.69) is 38.7 Å². The van der Waals surface area contributed by atoms with Gasteiger partial charge in [-0.15, -0.1) is 24.2 Å². The van der Waals surface area contributed by atoms with Crippen LogP contribution in [0.3, 0.4) is 0 Å². The fraction of sp³-hybridized carbons (Fsp3) is 0.462. The van der Waals surface area contributed by atoms with Crippen molar-refractivity contribution < 1.29 is 4.79 Å². The second-order valence-corrected chi connectivity index (χ2v) is 5.86. The van der Waals surface area contributed by atoms with E-state index < -0.39 is 0 Å². The first-order valence-corrected chi connectivity index (χ1v) is 7.80. The molecule has 0 radical (unpaired) electrons. The molecule has 0 spiro atoms. The Morgan fingerprint density at radius 3 is 2.74 bits per heavy atom. The number of unbranched alkanes of at least 4 members (excludes halogenated alkanes) is 1. The van der Waals surface area contributed by atoms with Crippen LogP contribution in [0.4, 0.5) is 0 Å². The lowest BCUT2D eigenvalue weighted by Gasteiger charge is -2.05. The molecule has 3 nitrogen and oxygen atoms in total. The molecule has 0 aliphatic heterocycles. The van der Waals surface area contributed by atoms with Crippen LogP contribution in [0.1, 0.15) is 12.8 Å². The van der Waals surface area contributed by atoms with Gasteiger partial charge in [0.25, 0.3) is 0 Å². The largest absolute Gasteiger partial charge is 0.355 e. The van der Waals surface area contributed by atoms with Crippen molar-refractivity contribution in [1.82, 2.24) is 10.6 Å². The number of thioether (sulfide) groups is 1. The van der Waals surface area contributed by atoms with Gasteiger partial charge >= 0.3 is 0 Å². The minimum Gasteiger partial charge on any atom is -0.355 e. The molecule has 6 heteroatoms. The second-order valence-electron chi connectivity index (χ2n) is 3.87. The minimum absolute atomic E-state index is 0. The number of benzene rings is 1. The third-order valence-corrected chi connectivity index (χ3v) is 4.44. The average molecular weight is 368 g/mol. The fourth-order valence-electron chi connectivity index (χ4n) is 1.42. The van der Waals surface area contributed by atoms with Crippen LogP contribution in [-0.4, -0.2) is 31.8 Å². The standard InChI is InChI=1S/C13H19BrN2OS.ClH/c1-15-10-13(17)16-8-4-5-9-18-12-7-3-2-6-11(12)14;/h2-3,6-7,15H,4-5,8-10H2,1H3,(H,16,17);1H. The zero-order valence-electron chi connectivity index (χ0n) is 10.9. The highest BCUT2D eigenvalue weighted by molar-refractivity contribution is 9.10. The molecule has 0 bridgehead atoms. The first-order valence-electron chi connectivity index (χ1n) is 6.02. The van der Waals surface area contributed by atoms with E-state index in [9.17, 15) is 4.79 Å². The Labute approximate surface area is 133 Å².